The summed E-state index contributed by atoms with van der Waals surface area (Å²) in [6, 6.07) is 3.14. The molecule has 8 nitrogen and oxygen atoms in total. The van der Waals surface area contributed by atoms with E-state index in [-0.39, 0.29) is 11.6 Å². The summed E-state index contributed by atoms with van der Waals surface area (Å²) < 4.78 is 10.2. The lowest BCUT2D eigenvalue weighted by Crippen LogP contribution is -2.25. The number of carbonyl (C=O) groups excluding carboxylic acids is 1. The number of carboxylic acids is 1. The molecule has 0 bridgehead atoms. The summed E-state index contributed by atoms with van der Waals surface area (Å²) in [5.41, 5.74) is 0.455. The number of pyridine rings is 1. The van der Waals surface area contributed by atoms with E-state index in [4.69, 9.17) is 14.6 Å². The number of hydrogen-bond donors (Lipinski definition) is 2. The van der Waals surface area contributed by atoms with Crippen LogP contribution in [-0.4, -0.2) is 53.8 Å². The zero-order chi connectivity index (χ0) is 17.4. The SMILES string of the molecule is COCCOc1cc(C(=O)NCCc2nc(C(=O)O)cs2)ccn1. The number of hydrogen-bond acceptors (Lipinski definition) is 7. The van der Waals surface area contributed by atoms with Gasteiger partial charge in [0, 0.05) is 43.3 Å². The smallest absolute Gasteiger partial charge is 0.355 e. The van der Waals surface area contributed by atoms with Crippen molar-refractivity contribution in [1.82, 2.24) is 15.3 Å². The van der Waals surface area contributed by atoms with Crippen LogP contribution >= 0.6 is 11.3 Å². The summed E-state index contributed by atoms with van der Waals surface area (Å²) in [5.74, 6) is -0.964. The molecular weight excluding hydrogens is 334 g/mol. The first-order valence-corrected chi connectivity index (χ1v) is 8.02. The van der Waals surface area contributed by atoms with E-state index in [1.54, 1.807) is 19.2 Å². The van der Waals surface area contributed by atoms with E-state index in [0.717, 1.165) is 0 Å². The Balaban J connectivity index is 1.83. The molecule has 0 unspecified atom stereocenters. The van der Waals surface area contributed by atoms with Gasteiger partial charge in [-0.05, 0) is 6.07 Å². The molecule has 0 aliphatic heterocycles. The number of nitrogens with zero attached hydrogens (tertiary/aromatic N) is 2. The van der Waals surface area contributed by atoms with Crippen LogP contribution in [0.25, 0.3) is 0 Å². The Bertz CT molecular complexity index is 704. The molecule has 1 amide bonds. The van der Waals surface area contributed by atoms with Gasteiger partial charge < -0.3 is 19.9 Å². The van der Waals surface area contributed by atoms with E-state index < -0.39 is 5.97 Å². The zero-order valence-corrected chi connectivity index (χ0v) is 13.8. The number of carboxylic acid groups (broad SMARTS) is 1. The van der Waals surface area contributed by atoms with Crippen molar-refractivity contribution in [3.63, 3.8) is 0 Å². The van der Waals surface area contributed by atoms with Gasteiger partial charge in [-0.2, -0.15) is 0 Å². The van der Waals surface area contributed by atoms with Gasteiger partial charge in [0.25, 0.3) is 5.91 Å². The standard InChI is InChI=1S/C15H17N3O5S/c1-22-6-7-23-12-8-10(2-4-16-12)14(19)17-5-3-13-18-11(9-24-13)15(20)21/h2,4,8-9H,3,5-7H2,1H3,(H,17,19)(H,20,21). The van der Waals surface area contributed by atoms with Crippen molar-refractivity contribution in [3.05, 3.63) is 40.0 Å². The minimum atomic E-state index is -1.06. The third-order valence-corrected chi connectivity index (χ3v) is 3.84. The molecule has 0 atom stereocenters. The molecular formula is C15H17N3O5S. The molecule has 0 saturated heterocycles. The molecule has 0 spiro atoms. The van der Waals surface area contributed by atoms with Gasteiger partial charge in [0.15, 0.2) is 5.69 Å². The van der Waals surface area contributed by atoms with Crippen molar-refractivity contribution in [2.75, 3.05) is 26.9 Å². The quantitative estimate of drug-likeness (QED) is 0.654. The lowest BCUT2D eigenvalue weighted by atomic mass is 10.2. The van der Waals surface area contributed by atoms with Crippen molar-refractivity contribution in [3.8, 4) is 5.88 Å². The van der Waals surface area contributed by atoms with Crippen LogP contribution in [0.2, 0.25) is 0 Å². The Hall–Kier alpha value is -2.52. The second kappa shape index (κ2) is 8.94. The van der Waals surface area contributed by atoms with Crippen LogP contribution in [0.15, 0.2) is 23.7 Å². The highest BCUT2D eigenvalue weighted by atomic mass is 32.1. The van der Waals surface area contributed by atoms with Gasteiger partial charge in [0.05, 0.1) is 11.6 Å². The van der Waals surface area contributed by atoms with E-state index in [1.807, 2.05) is 0 Å². The van der Waals surface area contributed by atoms with Gasteiger partial charge in [0.2, 0.25) is 5.88 Å². The number of carbonyl (C=O) groups is 2. The molecule has 2 heterocycles. The molecule has 0 aliphatic rings. The molecule has 9 heteroatoms. The first-order valence-electron chi connectivity index (χ1n) is 7.14. The number of nitrogens with one attached hydrogen (secondary N) is 1. The minimum Gasteiger partial charge on any atom is -0.476 e. The van der Waals surface area contributed by atoms with Crippen LogP contribution in [0, 0.1) is 0 Å². The molecule has 0 fully saturated rings. The lowest BCUT2D eigenvalue weighted by molar-refractivity contribution is 0.0690. The molecule has 0 aromatic carbocycles. The predicted molar refractivity (Wildman–Crippen MR) is 86.7 cm³/mol. The van der Waals surface area contributed by atoms with Gasteiger partial charge in [-0.15, -0.1) is 11.3 Å². The van der Waals surface area contributed by atoms with Crippen LogP contribution in [0.1, 0.15) is 25.9 Å². The number of aromatic nitrogens is 2. The fraction of sp³-hybridized carbons (Fsp3) is 0.333. The van der Waals surface area contributed by atoms with Crippen molar-refractivity contribution in [2.24, 2.45) is 0 Å². The average Bonchev–Trinajstić information content (AvgIpc) is 3.04. The number of aromatic carboxylic acids is 1. The lowest BCUT2D eigenvalue weighted by Gasteiger charge is -2.07. The van der Waals surface area contributed by atoms with Gasteiger partial charge >= 0.3 is 5.97 Å². The fourth-order valence-corrected chi connectivity index (χ4v) is 2.54. The topological polar surface area (TPSA) is 111 Å². The predicted octanol–water partition coefficient (Wildman–Crippen LogP) is 1.23. The Morgan fingerprint density at radius 2 is 2.21 bits per heavy atom. The van der Waals surface area contributed by atoms with Crippen LogP contribution in [0.5, 0.6) is 5.88 Å². The summed E-state index contributed by atoms with van der Waals surface area (Å²) >= 11 is 1.25. The Morgan fingerprint density at radius 3 is 2.92 bits per heavy atom. The molecule has 0 radical (unpaired) electrons. The molecule has 2 N–H and O–H groups in total. The second-order valence-electron chi connectivity index (χ2n) is 4.66. The largest absolute Gasteiger partial charge is 0.476 e. The number of amides is 1. The first kappa shape index (κ1) is 17.8. The second-order valence-corrected chi connectivity index (χ2v) is 5.60. The number of rotatable bonds is 9. The molecule has 2 rings (SSSR count). The fourth-order valence-electron chi connectivity index (χ4n) is 1.77. The third kappa shape index (κ3) is 5.28. The maximum absolute atomic E-state index is 12.1. The molecule has 24 heavy (non-hydrogen) atoms. The van der Waals surface area contributed by atoms with Crippen LogP contribution in [0.3, 0.4) is 0 Å². The zero-order valence-electron chi connectivity index (χ0n) is 13.0. The van der Waals surface area contributed by atoms with E-state index >= 15 is 0 Å². The first-order chi connectivity index (χ1) is 11.6. The normalized spacial score (nSPS) is 10.4. The monoisotopic (exact) mass is 351 g/mol. The number of methoxy groups -OCH3 is 1. The third-order valence-electron chi connectivity index (χ3n) is 2.93. The summed E-state index contributed by atoms with van der Waals surface area (Å²) in [5, 5.41) is 13.7. The van der Waals surface area contributed by atoms with E-state index in [0.29, 0.717) is 42.6 Å². The van der Waals surface area contributed by atoms with Crippen molar-refractivity contribution in [2.45, 2.75) is 6.42 Å². The number of ether oxygens (including phenoxy) is 2. The highest BCUT2D eigenvalue weighted by Crippen LogP contribution is 2.11. The average molecular weight is 351 g/mol. The molecule has 128 valence electrons. The van der Waals surface area contributed by atoms with Crippen LogP contribution in [0.4, 0.5) is 0 Å². The van der Waals surface area contributed by atoms with E-state index in [1.165, 1.54) is 22.9 Å². The maximum atomic E-state index is 12.1. The van der Waals surface area contributed by atoms with Gasteiger partial charge in [-0.1, -0.05) is 0 Å². The van der Waals surface area contributed by atoms with Crippen molar-refractivity contribution < 1.29 is 24.2 Å². The minimum absolute atomic E-state index is 0.0216. The Labute approximate surface area is 142 Å². The summed E-state index contributed by atoms with van der Waals surface area (Å²) in [6.07, 6.45) is 1.96. The maximum Gasteiger partial charge on any atom is 0.355 e. The van der Waals surface area contributed by atoms with Gasteiger partial charge in [0.1, 0.15) is 6.61 Å². The molecule has 2 aromatic heterocycles. The van der Waals surface area contributed by atoms with Crippen LogP contribution in [-0.2, 0) is 11.2 Å². The van der Waals surface area contributed by atoms with Crippen LogP contribution < -0.4 is 10.1 Å². The van der Waals surface area contributed by atoms with E-state index in [2.05, 4.69) is 15.3 Å². The molecule has 0 saturated carbocycles. The van der Waals surface area contributed by atoms with E-state index in [9.17, 15) is 9.59 Å². The Kier molecular flexibility index (Phi) is 6.64. The highest BCUT2D eigenvalue weighted by molar-refractivity contribution is 7.09. The van der Waals surface area contributed by atoms with Gasteiger partial charge in [-0.3, -0.25) is 4.79 Å². The van der Waals surface area contributed by atoms with Crippen molar-refractivity contribution >= 4 is 23.2 Å². The molecule has 2 aromatic rings. The molecule has 0 aliphatic carbocycles. The summed E-state index contributed by atoms with van der Waals surface area (Å²) in [6.45, 7) is 1.14. The summed E-state index contributed by atoms with van der Waals surface area (Å²) in [4.78, 5) is 30.8. The highest BCUT2D eigenvalue weighted by Gasteiger charge is 2.10. The Morgan fingerprint density at radius 1 is 1.38 bits per heavy atom. The van der Waals surface area contributed by atoms with Crippen molar-refractivity contribution in [1.29, 1.82) is 0 Å². The summed E-state index contributed by atoms with van der Waals surface area (Å²) in [7, 11) is 1.57. The van der Waals surface area contributed by atoms with Gasteiger partial charge in [-0.25, -0.2) is 14.8 Å². The number of thiazole rings is 1.